The van der Waals surface area contributed by atoms with Crippen LogP contribution in [0.15, 0.2) is 4.99 Å². The highest BCUT2D eigenvalue weighted by Gasteiger charge is 2.49. The van der Waals surface area contributed by atoms with Gasteiger partial charge in [0.25, 0.3) is 5.92 Å². The van der Waals surface area contributed by atoms with Crippen LogP contribution >= 0.6 is 0 Å². The van der Waals surface area contributed by atoms with Crippen LogP contribution in [0.5, 0.6) is 0 Å². The number of rotatable bonds is 2. The lowest BCUT2D eigenvalue weighted by Crippen LogP contribution is -2.54. The Kier molecular flexibility index (Phi) is 3.60. The lowest BCUT2D eigenvalue weighted by molar-refractivity contribution is -0.122. The van der Waals surface area contributed by atoms with Gasteiger partial charge in [-0.2, -0.15) is 0 Å². The van der Waals surface area contributed by atoms with Crippen LogP contribution in [0.25, 0.3) is 0 Å². The van der Waals surface area contributed by atoms with Crippen molar-refractivity contribution in [3.8, 4) is 0 Å². The first-order valence-corrected chi connectivity index (χ1v) is 6.45. The highest BCUT2D eigenvalue weighted by molar-refractivity contribution is 5.79. The number of hydrogen-bond donors (Lipinski definition) is 1. The van der Waals surface area contributed by atoms with Gasteiger partial charge in [-0.3, -0.25) is 0 Å². The van der Waals surface area contributed by atoms with E-state index in [1.807, 2.05) is 13.8 Å². The number of halogens is 2. The van der Waals surface area contributed by atoms with Crippen LogP contribution in [-0.4, -0.2) is 36.1 Å². The molecule has 0 spiro atoms. The van der Waals surface area contributed by atoms with E-state index >= 15 is 0 Å². The topological polar surface area (TPSA) is 50.8 Å². The van der Waals surface area contributed by atoms with Crippen LogP contribution in [0.1, 0.15) is 33.1 Å². The number of aliphatic imine (C=N–C) groups is 1. The summed E-state index contributed by atoms with van der Waals surface area (Å²) in [4.78, 5) is 9.90. The number of hydrogen-bond acceptors (Lipinski definition) is 4. The maximum absolute atomic E-state index is 13.7. The summed E-state index contributed by atoms with van der Waals surface area (Å²) in [5.41, 5.74) is 5.72. The van der Waals surface area contributed by atoms with Crippen molar-refractivity contribution in [2.45, 2.75) is 51.2 Å². The molecule has 1 unspecified atom stereocenters. The molecule has 1 aliphatic carbocycles. The molecule has 0 saturated heterocycles. The summed E-state index contributed by atoms with van der Waals surface area (Å²) in [6.07, 6.45) is 0.651. The minimum Gasteiger partial charge on any atom is -0.389 e. The Bertz CT molecular complexity index is 346. The zero-order valence-electron chi connectivity index (χ0n) is 11.1. The Hall–Kier alpha value is -0.750. The predicted molar refractivity (Wildman–Crippen MR) is 65.2 cm³/mol. The quantitative estimate of drug-likeness (QED) is 0.827. The molecule has 0 aromatic carbocycles. The summed E-state index contributed by atoms with van der Waals surface area (Å²) in [7, 11) is 1.73. The fourth-order valence-electron chi connectivity index (χ4n) is 2.62. The van der Waals surface area contributed by atoms with Crippen molar-refractivity contribution in [3.63, 3.8) is 0 Å². The third kappa shape index (κ3) is 2.36. The van der Waals surface area contributed by atoms with E-state index in [1.54, 1.807) is 12.1 Å². The number of alkyl halides is 2. The molecule has 0 amide bonds. The van der Waals surface area contributed by atoms with E-state index in [4.69, 9.17) is 10.6 Å². The van der Waals surface area contributed by atoms with Crippen molar-refractivity contribution in [1.82, 2.24) is 5.06 Å². The minimum atomic E-state index is -2.79. The molecule has 3 atom stereocenters. The molecular formula is C12H21F2N3O. The van der Waals surface area contributed by atoms with Crippen molar-refractivity contribution < 1.29 is 13.6 Å². The Morgan fingerprint density at radius 3 is 2.72 bits per heavy atom. The highest BCUT2D eigenvalue weighted by Crippen LogP contribution is 2.39. The molecule has 1 fully saturated rings. The molecule has 0 radical (unpaired) electrons. The first-order chi connectivity index (χ1) is 8.33. The fourth-order valence-corrected chi connectivity index (χ4v) is 2.62. The molecule has 2 aliphatic rings. The van der Waals surface area contributed by atoms with Crippen molar-refractivity contribution in [1.29, 1.82) is 0 Å². The highest BCUT2D eigenvalue weighted by atomic mass is 19.3. The van der Waals surface area contributed by atoms with Crippen molar-refractivity contribution >= 4 is 5.90 Å². The lowest BCUT2D eigenvalue weighted by atomic mass is 9.80. The average molecular weight is 261 g/mol. The summed E-state index contributed by atoms with van der Waals surface area (Å²) in [5.74, 6) is -2.39. The van der Waals surface area contributed by atoms with Gasteiger partial charge in [-0.05, 0) is 12.8 Å². The Balaban J connectivity index is 2.16. The predicted octanol–water partition coefficient (Wildman–Crippen LogP) is 2.01. The second-order valence-electron chi connectivity index (χ2n) is 5.52. The zero-order chi connectivity index (χ0) is 13.5. The molecule has 4 nitrogen and oxygen atoms in total. The van der Waals surface area contributed by atoms with Crippen LogP contribution in [-0.2, 0) is 4.84 Å². The van der Waals surface area contributed by atoms with E-state index in [9.17, 15) is 8.78 Å². The Morgan fingerprint density at radius 1 is 1.50 bits per heavy atom. The summed E-state index contributed by atoms with van der Waals surface area (Å²) in [6, 6.07) is -1.14. The first kappa shape index (κ1) is 13.7. The van der Waals surface area contributed by atoms with Gasteiger partial charge in [-0.15, -0.1) is 5.06 Å². The molecule has 0 aromatic heterocycles. The SMILES string of the molecule is CC(C)C1=NC([C@H]2CCCC(F)(F)[C@@H]2N)N(C)O1. The van der Waals surface area contributed by atoms with E-state index in [0.717, 1.165) is 0 Å². The maximum Gasteiger partial charge on any atom is 0.263 e. The standard InChI is InChI=1S/C12H21F2N3O/c1-7(2)11-16-10(17(3)18-11)8-5-4-6-12(13,14)9(8)15/h7-10H,4-6,15H2,1-3H3/t8-,9+,10?/m0/s1. The van der Waals surface area contributed by atoms with Crippen LogP contribution in [0.2, 0.25) is 0 Å². The minimum absolute atomic E-state index is 0.122. The van der Waals surface area contributed by atoms with Crippen molar-refractivity contribution in [3.05, 3.63) is 0 Å². The second kappa shape index (κ2) is 4.74. The molecular weight excluding hydrogens is 240 g/mol. The van der Waals surface area contributed by atoms with Gasteiger partial charge in [0.2, 0.25) is 5.90 Å². The van der Waals surface area contributed by atoms with Crippen molar-refractivity contribution in [2.24, 2.45) is 22.6 Å². The number of hydroxylamine groups is 2. The van der Waals surface area contributed by atoms with Crippen LogP contribution in [0, 0.1) is 11.8 Å². The van der Waals surface area contributed by atoms with Crippen LogP contribution < -0.4 is 5.73 Å². The van der Waals surface area contributed by atoms with Crippen molar-refractivity contribution in [2.75, 3.05) is 7.05 Å². The summed E-state index contributed by atoms with van der Waals surface area (Å²) in [5, 5.41) is 1.56. The molecule has 0 aromatic rings. The second-order valence-corrected chi connectivity index (χ2v) is 5.52. The Morgan fingerprint density at radius 2 is 2.17 bits per heavy atom. The first-order valence-electron chi connectivity index (χ1n) is 6.45. The summed E-state index contributed by atoms with van der Waals surface area (Å²) >= 11 is 0. The number of nitrogens with zero attached hydrogens (tertiary/aromatic N) is 2. The van der Waals surface area contributed by atoms with E-state index in [1.165, 1.54) is 0 Å². The van der Waals surface area contributed by atoms with Gasteiger partial charge < -0.3 is 10.6 Å². The molecule has 104 valence electrons. The van der Waals surface area contributed by atoms with E-state index in [2.05, 4.69) is 4.99 Å². The number of nitrogens with two attached hydrogens (primary N) is 1. The van der Waals surface area contributed by atoms with Gasteiger partial charge in [0, 0.05) is 25.3 Å². The van der Waals surface area contributed by atoms with Gasteiger partial charge in [-0.1, -0.05) is 13.8 Å². The van der Waals surface area contributed by atoms with E-state index < -0.39 is 12.0 Å². The van der Waals surface area contributed by atoms with Gasteiger partial charge >= 0.3 is 0 Å². The van der Waals surface area contributed by atoms with Gasteiger partial charge in [0.05, 0.1) is 6.04 Å². The van der Waals surface area contributed by atoms with Gasteiger partial charge in [0.1, 0.15) is 6.17 Å². The molecule has 6 heteroatoms. The smallest absolute Gasteiger partial charge is 0.263 e. The molecule has 2 N–H and O–H groups in total. The maximum atomic E-state index is 13.7. The molecule has 1 heterocycles. The average Bonchev–Trinajstić information content (AvgIpc) is 2.65. The normalized spacial score (nSPS) is 36.6. The molecule has 0 bridgehead atoms. The van der Waals surface area contributed by atoms with Crippen LogP contribution in [0.3, 0.4) is 0 Å². The monoisotopic (exact) mass is 261 g/mol. The fraction of sp³-hybridized carbons (Fsp3) is 0.917. The lowest BCUT2D eigenvalue weighted by Gasteiger charge is -2.38. The molecule has 1 saturated carbocycles. The van der Waals surface area contributed by atoms with E-state index in [0.29, 0.717) is 18.7 Å². The zero-order valence-corrected chi connectivity index (χ0v) is 11.1. The molecule has 18 heavy (non-hydrogen) atoms. The molecule has 2 rings (SSSR count). The van der Waals surface area contributed by atoms with Gasteiger partial charge in [0.15, 0.2) is 0 Å². The van der Waals surface area contributed by atoms with Crippen LogP contribution in [0.4, 0.5) is 8.78 Å². The van der Waals surface area contributed by atoms with E-state index in [-0.39, 0.29) is 24.4 Å². The summed E-state index contributed by atoms with van der Waals surface area (Å²) in [6.45, 7) is 3.93. The van der Waals surface area contributed by atoms with Gasteiger partial charge in [-0.25, -0.2) is 13.8 Å². The Labute approximate surface area is 106 Å². The largest absolute Gasteiger partial charge is 0.389 e. The third-order valence-electron chi connectivity index (χ3n) is 3.74. The molecule has 1 aliphatic heterocycles. The third-order valence-corrected chi connectivity index (χ3v) is 3.74. The summed E-state index contributed by atoms with van der Waals surface area (Å²) < 4.78 is 27.3.